The number of ketones is 6. The van der Waals surface area contributed by atoms with Crippen LogP contribution in [0.1, 0.15) is 155 Å². The molecular formula is C105H96Cl3N3O27. The minimum absolute atomic E-state index is 0.0436. The van der Waals surface area contributed by atoms with Crippen molar-refractivity contribution in [3.05, 3.63) is 368 Å². The average Bonchev–Trinajstić information content (AvgIpc) is 0.783. The molecular weight excluding hydrogens is 1840 g/mol. The molecule has 138 heavy (non-hydrogen) atoms. The van der Waals surface area contributed by atoms with Crippen LogP contribution in [0.15, 0.2) is 270 Å². The van der Waals surface area contributed by atoms with Gasteiger partial charge in [-0.25, -0.2) is 28.8 Å². The van der Waals surface area contributed by atoms with Gasteiger partial charge in [0.2, 0.25) is 20.4 Å². The second kappa shape index (κ2) is 51.2. The molecule has 3 atom stereocenters. The molecule has 0 aliphatic heterocycles. The standard InChI is InChI=1S/3C35H32ClNO9/c3*1-4-44-35(42)46-21-45-34(41)25-12-10-24(11-13-25)17-31(39)30(16-23-8-6-5-7-9-23)37-20-32(43-3)29(19-33(37)40)28-18-26(36)14-15-27(28)22(2)38/h3*5-15,18-20,30H,4,16-17,21H2,1-3H3/t2*30-;/m10./s1. The van der Waals surface area contributed by atoms with Crippen LogP contribution in [-0.2, 0) is 95.5 Å². The minimum Gasteiger partial charge on any atom is -0.495 e. The first-order chi connectivity index (χ1) is 66.3. The molecule has 0 saturated carbocycles. The molecule has 714 valence electrons. The number of carbonyl (C=O) groups is 12. The third-order valence-corrected chi connectivity index (χ3v) is 22.0. The average molecular weight is 1940 g/mol. The van der Waals surface area contributed by atoms with Crippen LogP contribution in [0, 0.1) is 0 Å². The number of esters is 3. The van der Waals surface area contributed by atoms with E-state index in [1.54, 1.807) is 112 Å². The van der Waals surface area contributed by atoms with Crippen LogP contribution in [0.5, 0.6) is 17.2 Å². The quantitative estimate of drug-likeness (QED) is 0.0149. The smallest absolute Gasteiger partial charge is 0.495 e. The van der Waals surface area contributed by atoms with Crippen molar-refractivity contribution in [1.29, 1.82) is 0 Å². The van der Waals surface area contributed by atoms with Crippen molar-refractivity contribution in [2.24, 2.45) is 0 Å². The molecule has 30 nitrogen and oxygen atoms in total. The summed E-state index contributed by atoms with van der Waals surface area (Å²) in [5.41, 5.74) is 7.03. The van der Waals surface area contributed by atoms with Gasteiger partial charge in [-0.05, 0) is 183 Å². The second-order valence-electron chi connectivity index (χ2n) is 30.5. The SMILES string of the molecule is CCOC(=O)OCOC(=O)c1ccc(CC(=O)C(Cc2ccccc2)n2cc(OC)c(-c3cc(Cl)ccc3C(C)=O)cc2=O)cc1.CCOC(=O)OCOC(=O)c1ccc(CC(=O)[C@@H](Cc2ccccc2)n2cc(OC)c(-c3cc(Cl)ccc3C(C)=O)cc2=O)cc1.CCOC(=O)OCOC(=O)c1ccc(CC(=O)[C@H](Cc2ccccc2)n2cc(OC)c(-c3cc(Cl)ccc3C(C)=O)cc2=O)cc1. The molecule has 0 amide bonds. The summed E-state index contributed by atoms with van der Waals surface area (Å²) in [5, 5.41) is 1.15. The van der Waals surface area contributed by atoms with Gasteiger partial charge < -0.3 is 70.5 Å². The van der Waals surface area contributed by atoms with Crippen LogP contribution < -0.4 is 30.9 Å². The highest BCUT2D eigenvalue weighted by molar-refractivity contribution is 6.32. The predicted molar refractivity (Wildman–Crippen MR) is 511 cm³/mol. The zero-order valence-corrected chi connectivity index (χ0v) is 78.7. The monoisotopic (exact) mass is 1940 g/mol. The lowest BCUT2D eigenvalue weighted by Gasteiger charge is -2.22. The van der Waals surface area contributed by atoms with Gasteiger partial charge in [0.05, 0.1) is 94.6 Å². The fourth-order valence-corrected chi connectivity index (χ4v) is 15.1. The molecule has 3 aromatic heterocycles. The van der Waals surface area contributed by atoms with Crippen molar-refractivity contribution in [2.45, 2.75) is 98.2 Å². The maximum atomic E-state index is 13.9. The maximum Gasteiger partial charge on any atom is 0.511 e. The van der Waals surface area contributed by atoms with Gasteiger partial charge >= 0.3 is 36.4 Å². The highest BCUT2D eigenvalue weighted by Gasteiger charge is 2.31. The first-order valence-electron chi connectivity index (χ1n) is 43.0. The summed E-state index contributed by atoms with van der Waals surface area (Å²) in [6.45, 7) is 7.65. The first kappa shape index (κ1) is 104. The maximum absolute atomic E-state index is 13.9. The van der Waals surface area contributed by atoms with Crippen LogP contribution in [0.4, 0.5) is 14.4 Å². The molecule has 33 heteroatoms. The van der Waals surface area contributed by atoms with Crippen LogP contribution in [-0.4, -0.2) is 146 Å². The molecule has 0 spiro atoms. The third kappa shape index (κ3) is 29.2. The number of benzene rings is 9. The van der Waals surface area contributed by atoms with Crippen LogP contribution >= 0.6 is 34.8 Å². The Balaban J connectivity index is 0.000000214. The molecule has 0 aliphatic carbocycles. The van der Waals surface area contributed by atoms with E-state index in [4.69, 9.17) is 63.2 Å². The van der Waals surface area contributed by atoms with E-state index >= 15 is 0 Å². The molecule has 9 aromatic carbocycles. The number of aromatic nitrogens is 3. The van der Waals surface area contributed by atoms with Gasteiger partial charge in [0, 0.05) is 105 Å². The van der Waals surface area contributed by atoms with E-state index in [2.05, 4.69) is 28.4 Å². The van der Waals surface area contributed by atoms with Crippen molar-refractivity contribution in [3.8, 4) is 50.6 Å². The molecule has 0 radical (unpaired) electrons. The lowest BCUT2D eigenvalue weighted by Crippen LogP contribution is -2.32. The van der Waals surface area contributed by atoms with Gasteiger partial charge in [0.1, 0.15) is 17.2 Å². The fourth-order valence-electron chi connectivity index (χ4n) is 14.5. The Morgan fingerprint density at radius 1 is 0.283 bits per heavy atom. The number of pyridine rings is 3. The Morgan fingerprint density at radius 2 is 0.522 bits per heavy atom. The van der Waals surface area contributed by atoms with E-state index in [9.17, 15) is 71.9 Å². The van der Waals surface area contributed by atoms with E-state index in [0.29, 0.717) is 81.8 Å². The Kier molecular flexibility index (Phi) is 38.7. The van der Waals surface area contributed by atoms with Gasteiger partial charge in [-0.3, -0.25) is 43.2 Å². The Labute approximate surface area is 807 Å². The number of Topliss-reactive ketones (excluding diaryl/α,β-unsaturated/α-hetero) is 6. The fraction of sp³-hybridized carbons (Fsp3) is 0.229. The molecule has 0 aliphatic rings. The minimum atomic E-state index is -0.953. The summed E-state index contributed by atoms with van der Waals surface area (Å²) in [4.78, 5) is 190. The van der Waals surface area contributed by atoms with Gasteiger partial charge in [0.25, 0.3) is 16.7 Å². The third-order valence-electron chi connectivity index (χ3n) is 21.3. The zero-order valence-electron chi connectivity index (χ0n) is 76.5. The molecule has 0 fully saturated rings. The summed E-state index contributed by atoms with van der Waals surface area (Å²) in [6, 6.07) is 62.1. The Bertz CT molecular complexity index is 5980. The summed E-state index contributed by atoms with van der Waals surface area (Å²) < 4.78 is 63.5. The lowest BCUT2D eigenvalue weighted by molar-refractivity contribution is -0.122. The summed E-state index contributed by atoms with van der Waals surface area (Å²) in [7, 11) is 4.32. The van der Waals surface area contributed by atoms with Crippen LogP contribution in [0.3, 0.4) is 0 Å². The van der Waals surface area contributed by atoms with Gasteiger partial charge in [-0.15, -0.1) is 0 Å². The van der Waals surface area contributed by atoms with Crippen molar-refractivity contribution in [3.63, 3.8) is 0 Å². The predicted octanol–water partition coefficient (Wildman–Crippen LogP) is 18.8. The zero-order chi connectivity index (χ0) is 99.6. The van der Waals surface area contributed by atoms with Crippen LogP contribution in [0.2, 0.25) is 15.1 Å². The van der Waals surface area contributed by atoms with E-state index < -0.39 is 91.6 Å². The summed E-state index contributed by atoms with van der Waals surface area (Å²) in [5.74, 6) is -2.73. The highest BCUT2D eigenvalue weighted by atomic mass is 35.5. The van der Waals surface area contributed by atoms with Gasteiger partial charge in [-0.2, -0.15) is 0 Å². The number of rotatable bonds is 39. The first-order valence-corrected chi connectivity index (χ1v) is 44.2. The van der Waals surface area contributed by atoms with E-state index in [1.807, 2.05) is 91.0 Å². The number of hydrogen-bond acceptors (Lipinski definition) is 27. The molecule has 0 N–H and O–H groups in total. The van der Waals surface area contributed by atoms with Gasteiger partial charge in [-0.1, -0.05) is 162 Å². The Morgan fingerprint density at radius 3 is 0.739 bits per heavy atom. The molecule has 3 heterocycles. The number of ether oxygens (including phenoxy) is 12. The molecule has 1 unspecified atom stereocenters. The van der Waals surface area contributed by atoms with Crippen molar-refractivity contribution in [2.75, 3.05) is 61.5 Å². The van der Waals surface area contributed by atoms with Crippen molar-refractivity contribution < 1.29 is 114 Å². The topological polar surface area (TPSA) is 382 Å². The number of methoxy groups -OCH3 is 3. The highest BCUT2D eigenvalue weighted by Crippen LogP contribution is 2.39. The molecule has 12 rings (SSSR count). The second-order valence-corrected chi connectivity index (χ2v) is 31.8. The number of carbonyl (C=O) groups excluding carboxylic acids is 12. The van der Waals surface area contributed by atoms with Crippen molar-refractivity contribution in [1.82, 2.24) is 13.7 Å². The summed E-state index contributed by atoms with van der Waals surface area (Å²) in [6.07, 6.45) is 2.12. The summed E-state index contributed by atoms with van der Waals surface area (Å²) >= 11 is 18.7. The Hall–Kier alpha value is -15.7. The van der Waals surface area contributed by atoms with E-state index in [0.717, 1.165) is 16.7 Å². The molecule has 12 aromatic rings. The van der Waals surface area contributed by atoms with Gasteiger partial charge in [0.15, 0.2) is 34.7 Å². The van der Waals surface area contributed by atoms with Crippen molar-refractivity contribution >= 4 is 106 Å². The molecule has 0 saturated heterocycles. The largest absolute Gasteiger partial charge is 0.511 e. The van der Waals surface area contributed by atoms with E-state index in [-0.39, 0.29) is 127 Å². The van der Waals surface area contributed by atoms with E-state index in [1.165, 1.54) is 129 Å². The number of nitrogens with zero attached hydrogens (tertiary/aromatic N) is 3. The lowest BCUT2D eigenvalue weighted by atomic mass is 9.95. The normalized spacial score (nSPS) is 11.3. The number of hydrogen-bond donors (Lipinski definition) is 0. The van der Waals surface area contributed by atoms with Crippen LogP contribution in [0.25, 0.3) is 33.4 Å². The number of halogens is 3. The molecule has 0 bridgehead atoms.